The van der Waals surface area contributed by atoms with E-state index in [1.807, 2.05) is 24.3 Å². The van der Waals surface area contributed by atoms with Gasteiger partial charge in [-0.25, -0.2) is 8.42 Å². The first-order valence-electron chi connectivity index (χ1n) is 9.88. The van der Waals surface area contributed by atoms with E-state index in [0.29, 0.717) is 32.5 Å². The molecule has 1 fully saturated rings. The Labute approximate surface area is 166 Å². The second-order valence-electron chi connectivity index (χ2n) is 7.31. The van der Waals surface area contributed by atoms with Crippen LogP contribution in [0.15, 0.2) is 41.3 Å². The number of unbranched alkanes of at least 4 members (excludes halogenated alkanes) is 2. The number of nitrogens with two attached hydrogens (primary N) is 1. The summed E-state index contributed by atoms with van der Waals surface area (Å²) in [6.07, 6.45) is 4.27. The quantitative estimate of drug-likeness (QED) is 0.684. The summed E-state index contributed by atoms with van der Waals surface area (Å²) in [5, 5.41) is 1.80. The van der Waals surface area contributed by atoms with E-state index in [0.717, 1.165) is 35.8 Å². The summed E-state index contributed by atoms with van der Waals surface area (Å²) in [7, 11) is -3.58. The van der Waals surface area contributed by atoms with Crippen molar-refractivity contribution in [1.29, 1.82) is 0 Å². The number of fused-ring (bicyclic) bond motifs is 1. The van der Waals surface area contributed by atoms with Crippen LogP contribution < -0.4 is 10.5 Å². The van der Waals surface area contributed by atoms with Crippen molar-refractivity contribution in [3.05, 3.63) is 36.4 Å². The Kier molecular flexibility index (Phi) is 6.57. The molecule has 1 amide bonds. The summed E-state index contributed by atoms with van der Waals surface area (Å²) >= 11 is 0. The van der Waals surface area contributed by atoms with Crippen LogP contribution in [0.3, 0.4) is 0 Å². The molecule has 7 heteroatoms. The van der Waals surface area contributed by atoms with Gasteiger partial charge in [0.2, 0.25) is 15.9 Å². The first-order chi connectivity index (χ1) is 13.4. The van der Waals surface area contributed by atoms with Gasteiger partial charge in [0.05, 0.1) is 11.5 Å². The molecule has 152 valence electrons. The summed E-state index contributed by atoms with van der Waals surface area (Å²) in [6, 6.07) is 10.9. The van der Waals surface area contributed by atoms with E-state index < -0.39 is 10.0 Å². The van der Waals surface area contributed by atoms with Crippen LogP contribution in [-0.2, 0) is 14.8 Å². The number of ether oxygens (including phenoxy) is 1. The van der Waals surface area contributed by atoms with Gasteiger partial charge in [-0.3, -0.25) is 4.79 Å². The van der Waals surface area contributed by atoms with Gasteiger partial charge in [0, 0.05) is 19.0 Å². The zero-order chi connectivity index (χ0) is 20.1. The molecule has 0 aliphatic carbocycles. The number of rotatable bonds is 8. The Morgan fingerprint density at radius 3 is 2.46 bits per heavy atom. The molecule has 2 aromatic rings. The summed E-state index contributed by atoms with van der Waals surface area (Å²) in [4.78, 5) is 11.6. The highest BCUT2D eigenvalue weighted by molar-refractivity contribution is 7.89. The van der Waals surface area contributed by atoms with Crippen molar-refractivity contribution in [1.82, 2.24) is 4.31 Å². The molecular formula is C21H28N2O4S. The van der Waals surface area contributed by atoms with Crippen LogP contribution in [0.2, 0.25) is 0 Å². The molecule has 2 N–H and O–H groups in total. The molecule has 28 heavy (non-hydrogen) atoms. The molecule has 1 heterocycles. The van der Waals surface area contributed by atoms with Crippen LogP contribution in [-0.4, -0.2) is 38.3 Å². The highest BCUT2D eigenvalue weighted by atomic mass is 32.2. The lowest BCUT2D eigenvalue weighted by Crippen LogP contribution is -2.41. The number of hydrogen-bond acceptors (Lipinski definition) is 4. The van der Waals surface area contributed by atoms with Crippen molar-refractivity contribution < 1.29 is 17.9 Å². The molecule has 0 bridgehead atoms. The summed E-state index contributed by atoms with van der Waals surface area (Å²) in [5.74, 6) is 0.210. The molecule has 0 spiro atoms. The normalized spacial score (nSPS) is 16.3. The fraction of sp³-hybridized carbons (Fsp3) is 0.476. The minimum atomic E-state index is -3.58. The number of benzene rings is 2. The standard InChI is InChI=1S/C21H28N2O4S/c1-2-3-4-13-27-19-7-5-18-15-20(8-6-17(18)14-19)28(25,26)23-11-9-16(10-12-23)21(22)24/h5-8,14-16H,2-4,9-13H2,1H3,(H2,22,24). The van der Waals surface area contributed by atoms with Crippen LogP contribution in [0.4, 0.5) is 0 Å². The van der Waals surface area contributed by atoms with Gasteiger partial charge in [-0.05, 0) is 54.3 Å². The Balaban J connectivity index is 1.73. The van der Waals surface area contributed by atoms with Crippen molar-refractivity contribution in [2.24, 2.45) is 11.7 Å². The largest absolute Gasteiger partial charge is 0.494 e. The molecule has 0 radical (unpaired) electrons. The van der Waals surface area contributed by atoms with Gasteiger partial charge < -0.3 is 10.5 Å². The third kappa shape index (κ3) is 4.64. The van der Waals surface area contributed by atoms with Crippen molar-refractivity contribution in [2.45, 2.75) is 43.9 Å². The molecule has 6 nitrogen and oxygen atoms in total. The van der Waals surface area contributed by atoms with E-state index in [2.05, 4.69) is 6.92 Å². The predicted molar refractivity (Wildman–Crippen MR) is 110 cm³/mol. The number of hydrogen-bond donors (Lipinski definition) is 1. The van der Waals surface area contributed by atoms with Crippen LogP contribution in [0.1, 0.15) is 39.0 Å². The van der Waals surface area contributed by atoms with Gasteiger partial charge in [-0.15, -0.1) is 0 Å². The molecule has 0 saturated carbocycles. The molecule has 0 atom stereocenters. The van der Waals surface area contributed by atoms with Gasteiger partial charge in [-0.2, -0.15) is 4.31 Å². The fourth-order valence-corrected chi connectivity index (χ4v) is 5.03. The smallest absolute Gasteiger partial charge is 0.243 e. The van der Waals surface area contributed by atoms with E-state index in [-0.39, 0.29) is 16.7 Å². The van der Waals surface area contributed by atoms with E-state index >= 15 is 0 Å². The number of amides is 1. The van der Waals surface area contributed by atoms with Crippen LogP contribution in [0.5, 0.6) is 5.75 Å². The molecule has 1 aliphatic heterocycles. The molecule has 0 aromatic heterocycles. The molecular weight excluding hydrogens is 376 g/mol. The number of piperidine rings is 1. The molecule has 1 aliphatic rings. The average molecular weight is 405 g/mol. The third-order valence-corrected chi connectivity index (χ3v) is 7.19. The number of nitrogens with zero attached hydrogens (tertiary/aromatic N) is 1. The van der Waals surface area contributed by atoms with E-state index in [9.17, 15) is 13.2 Å². The average Bonchev–Trinajstić information content (AvgIpc) is 2.70. The first-order valence-corrected chi connectivity index (χ1v) is 11.3. The van der Waals surface area contributed by atoms with Gasteiger partial charge in [0.1, 0.15) is 5.75 Å². The second-order valence-corrected chi connectivity index (χ2v) is 9.24. The fourth-order valence-electron chi connectivity index (χ4n) is 3.52. The highest BCUT2D eigenvalue weighted by Gasteiger charge is 2.31. The lowest BCUT2D eigenvalue weighted by atomic mass is 9.98. The summed E-state index contributed by atoms with van der Waals surface area (Å²) in [5.41, 5.74) is 5.34. The monoisotopic (exact) mass is 404 g/mol. The molecule has 0 unspecified atom stereocenters. The summed E-state index contributed by atoms with van der Waals surface area (Å²) in [6.45, 7) is 3.48. The summed E-state index contributed by atoms with van der Waals surface area (Å²) < 4.78 is 33.1. The number of primary amides is 1. The maximum Gasteiger partial charge on any atom is 0.243 e. The third-order valence-electron chi connectivity index (χ3n) is 5.29. The zero-order valence-electron chi connectivity index (χ0n) is 16.3. The van der Waals surface area contributed by atoms with Crippen LogP contribution in [0.25, 0.3) is 10.8 Å². The van der Waals surface area contributed by atoms with Gasteiger partial charge in [0.25, 0.3) is 0 Å². The number of carbonyl (C=O) groups excluding carboxylic acids is 1. The number of sulfonamides is 1. The van der Waals surface area contributed by atoms with E-state index in [4.69, 9.17) is 10.5 Å². The Morgan fingerprint density at radius 2 is 1.79 bits per heavy atom. The first kappa shape index (κ1) is 20.6. The predicted octanol–water partition coefficient (Wildman–Crippen LogP) is 3.29. The van der Waals surface area contributed by atoms with Crippen LogP contribution in [0, 0.1) is 5.92 Å². The highest BCUT2D eigenvalue weighted by Crippen LogP contribution is 2.28. The van der Waals surface area contributed by atoms with Gasteiger partial charge in [0.15, 0.2) is 0 Å². The lowest BCUT2D eigenvalue weighted by Gasteiger charge is -2.29. The van der Waals surface area contributed by atoms with Gasteiger partial charge >= 0.3 is 0 Å². The van der Waals surface area contributed by atoms with Crippen molar-refractivity contribution in [3.8, 4) is 5.75 Å². The molecule has 1 saturated heterocycles. The molecule has 2 aromatic carbocycles. The lowest BCUT2D eigenvalue weighted by molar-refractivity contribution is -0.122. The minimum absolute atomic E-state index is 0.237. The van der Waals surface area contributed by atoms with E-state index in [1.54, 1.807) is 12.1 Å². The topological polar surface area (TPSA) is 89.7 Å². The number of carbonyl (C=O) groups is 1. The van der Waals surface area contributed by atoms with Crippen molar-refractivity contribution in [3.63, 3.8) is 0 Å². The Bertz CT molecular complexity index is 935. The van der Waals surface area contributed by atoms with Gasteiger partial charge in [-0.1, -0.05) is 31.9 Å². The maximum absolute atomic E-state index is 13.0. The van der Waals surface area contributed by atoms with E-state index in [1.165, 1.54) is 4.31 Å². The Morgan fingerprint density at radius 1 is 1.11 bits per heavy atom. The van der Waals surface area contributed by atoms with Crippen molar-refractivity contribution >= 4 is 26.7 Å². The second kappa shape index (κ2) is 8.92. The minimum Gasteiger partial charge on any atom is -0.494 e. The SMILES string of the molecule is CCCCCOc1ccc2cc(S(=O)(=O)N3CCC(C(N)=O)CC3)ccc2c1. The molecule has 3 rings (SSSR count). The van der Waals surface area contributed by atoms with Crippen molar-refractivity contribution in [2.75, 3.05) is 19.7 Å². The maximum atomic E-state index is 13.0. The van der Waals surface area contributed by atoms with Crippen LogP contribution >= 0.6 is 0 Å². The Hall–Kier alpha value is -2.12. The zero-order valence-corrected chi connectivity index (χ0v) is 17.1.